The molecule has 0 aromatic heterocycles. The molecule has 11 heteroatoms. The zero-order valence-corrected chi connectivity index (χ0v) is 23.9. The van der Waals surface area contributed by atoms with Gasteiger partial charge in [-0.05, 0) is 56.1 Å². The molecule has 3 fully saturated rings. The smallest absolute Gasteiger partial charge is 0.410 e. The number of benzene rings is 1. The molecule has 2 saturated carbocycles. The van der Waals surface area contributed by atoms with Gasteiger partial charge in [-0.15, -0.1) is 0 Å². The molecule has 1 aromatic carbocycles. The molecule has 5 atom stereocenters. The Bertz CT molecular complexity index is 1280. The Balaban J connectivity index is 1.18. The lowest BCUT2D eigenvalue weighted by Crippen LogP contribution is -2.57. The summed E-state index contributed by atoms with van der Waals surface area (Å²) in [5.41, 5.74) is 6.44. The minimum absolute atomic E-state index is 0.0235. The number of nitrogens with one attached hydrogen (secondary N) is 2. The molecule has 3 heterocycles. The number of hydrogen-bond donors (Lipinski definition) is 3. The first-order valence-electron chi connectivity index (χ1n) is 15.3. The number of nitrogens with zero attached hydrogens (tertiary/aromatic N) is 2. The van der Waals surface area contributed by atoms with E-state index in [9.17, 15) is 23.6 Å². The largest absolute Gasteiger partial charge is 0.444 e. The summed E-state index contributed by atoms with van der Waals surface area (Å²) in [7, 11) is 0. The number of allylic oxidation sites excluding steroid dienone is 1. The highest BCUT2D eigenvalue weighted by Crippen LogP contribution is 2.46. The highest BCUT2D eigenvalue weighted by molar-refractivity contribution is 5.98. The van der Waals surface area contributed by atoms with Crippen molar-refractivity contribution in [3.63, 3.8) is 0 Å². The standard InChI is InChI=1S/C31H40FN5O5/c32-24-9-6-7-20-16-36(18-23(20)24)30(41)42-22-13-26-27(38)35-31(29(40)34-15-19-11-12-19)14-21(31)8-4-2-1-3-5-10-25(33)28(39)37(26)17-22/h4,6-9,19,21-22,25-26H,1-3,5,10-18,33H2,(H,34,40)(H,35,38)/b8-4-/t21-,22-,25+,26+,31-/m1/s1. The molecule has 10 nitrogen and oxygen atoms in total. The number of rotatable bonds is 4. The second-order valence-electron chi connectivity index (χ2n) is 12.6. The van der Waals surface area contributed by atoms with E-state index in [0.29, 0.717) is 30.9 Å². The fourth-order valence-electron chi connectivity index (χ4n) is 6.50. The van der Waals surface area contributed by atoms with Crippen LogP contribution in [0.15, 0.2) is 30.4 Å². The molecule has 4 amide bonds. The van der Waals surface area contributed by atoms with E-state index in [2.05, 4.69) is 16.7 Å². The minimum atomic E-state index is -1.06. The normalized spacial score (nSPS) is 32.0. The Morgan fingerprint density at radius 2 is 1.98 bits per heavy atom. The predicted octanol–water partition coefficient (Wildman–Crippen LogP) is 2.50. The second-order valence-corrected chi connectivity index (χ2v) is 12.6. The Morgan fingerprint density at radius 1 is 1.14 bits per heavy atom. The highest BCUT2D eigenvalue weighted by Gasteiger charge is 2.61. The summed E-state index contributed by atoms with van der Waals surface area (Å²) in [6, 6.07) is 3.04. The van der Waals surface area contributed by atoms with Crippen LogP contribution in [0.3, 0.4) is 0 Å². The lowest BCUT2D eigenvalue weighted by molar-refractivity contribution is -0.140. The van der Waals surface area contributed by atoms with Crippen LogP contribution in [0.1, 0.15) is 68.9 Å². The van der Waals surface area contributed by atoms with Crippen LogP contribution < -0.4 is 16.4 Å². The summed E-state index contributed by atoms with van der Waals surface area (Å²) >= 11 is 0. The molecular weight excluding hydrogens is 541 g/mol. The van der Waals surface area contributed by atoms with E-state index >= 15 is 0 Å². The van der Waals surface area contributed by atoms with Crippen molar-refractivity contribution in [1.82, 2.24) is 20.4 Å². The average Bonchev–Trinajstić information content (AvgIpc) is 3.83. The Kier molecular flexibility index (Phi) is 7.95. The number of hydrogen-bond acceptors (Lipinski definition) is 6. The molecular formula is C31H40FN5O5. The third-order valence-electron chi connectivity index (χ3n) is 9.39. The molecule has 1 saturated heterocycles. The van der Waals surface area contributed by atoms with Crippen LogP contribution in [0.4, 0.5) is 9.18 Å². The van der Waals surface area contributed by atoms with E-state index in [1.54, 1.807) is 12.1 Å². The van der Waals surface area contributed by atoms with Crippen LogP contribution in [0.25, 0.3) is 0 Å². The van der Waals surface area contributed by atoms with E-state index in [4.69, 9.17) is 10.5 Å². The van der Waals surface area contributed by atoms with Gasteiger partial charge in [0.1, 0.15) is 23.5 Å². The SMILES string of the molecule is N[C@H]1CCCCC/C=C\[C@@H]2C[C@@]2(C(=O)NCC2CC2)NC(=O)[C@@H]2C[C@@H](OC(=O)N3Cc4cccc(F)c4C3)CN2C1=O. The lowest BCUT2D eigenvalue weighted by Gasteiger charge is -2.28. The van der Waals surface area contributed by atoms with Crippen LogP contribution >= 0.6 is 0 Å². The van der Waals surface area contributed by atoms with Gasteiger partial charge in [-0.3, -0.25) is 19.3 Å². The summed E-state index contributed by atoms with van der Waals surface area (Å²) in [6.45, 7) is 0.940. The topological polar surface area (TPSA) is 134 Å². The first-order valence-corrected chi connectivity index (χ1v) is 15.3. The van der Waals surface area contributed by atoms with Gasteiger partial charge in [-0.2, -0.15) is 0 Å². The van der Waals surface area contributed by atoms with Crippen molar-refractivity contribution in [2.24, 2.45) is 17.6 Å². The monoisotopic (exact) mass is 581 g/mol. The Labute approximate surface area is 245 Å². The summed E-state index contributed by atoms with van der Waals surface area (Å²) in [5.74, 6) is -0.999. The van der Waals surface area contributed by atoms with E-state index in [1.807, 2.05) is 6.08 Å². The molecule has 226 valence electrons. The zero-order chi connectivity index (χ0) is 29.4. The molecule has 42 heavy (non-hydrogen) atoms. The lowest BCUT2D eigenvalue weighted by atomic mass is 10.1. The molecule has 2 aliphatic carbocycles. The van der Waals surface area contributed by atoms with E-state index in [0.717, 1.165) is 44.1 Å². The fraction of sp³-hybridized carbons (Fsp3) is 0.613. The molecule has 1 aromatic rings. The fourth-order valence-corrected chi connectivity index (χ4v) is 6.50. The Hall–Kier alpha value is -3.47. The van der Waals surface area contributed by atoms with Gasteiger partial charge < -0.3 is 26.0 Å². The van der Waals surface area contributed by atoms with Crippen LogP contribution in [0, 0.1) is 17.7 Å². The summed E-state index contributed by atoms with van der Waals surface area (Å²) in [6.07, 6.45) is 9.53. The van der Waals surface area contributed by atoms with Gasteiger partial charge in [0.2, 0.25) is 17.7 Å². The maximum absolute atomic E-state index is 14.2. The number of carbonyl (C=O) groups is 4. The molecule has 0 spiro atoms. The first kappa shape index (κ1) is 28.6. The maximum Gasteiger partial charge on any atom is 0.410 e. The molecule has 4 N–H and O–H groups in total. The number of fused-ring (bicyclic) bond motifs is 3. The van der Waals surface area contributed by atoms with Crippen molar-refractivity contribution in [2.45, 2.75) is 94.6 Å². The van der Waals surface area contributed by atoms with Crippen LogP contribution in [0.2, 0.25) is 0 Å². The van der Waals surface area contributed by atoms with Crippen molar-refractivity contribution in [3.05, 3.63) is 47.3 Å². The van der Waals surface area contributed by atoms with Gasteiger partial charge in [0, 0.05) is 31.0 Å². The highest BCUT2D eigenvalue weighted by atomic mass is 19.1. The third kappa shape index (κ3) is 5.88. The van der Waals surface area contributed by atoms with Gasteiger partial charge in [0.05, 0.1) is 19.1 Å². The number of halogens is 1. The van der Waals surface area contributed by atoms with E-state index in [1.165, 1.54) is 15.9 Å². The molecule has 0 radical (unpaired) electrons. The predicted molar refractivity (Wildman–Crippen MR) is 151 cm³/mol. The van der Waals surface area contributed by atoms with E-state index in [-0.39, 0.29) is 49.6 Å². The number of ether oxygens (including phenoxy) is 1. The van der Waals surface area contributed by atoms with Crippen molar-refractivity contribution < 1.29 is 28.3 Å². The summed E-state index contributed by atoms with van der Waals surface area (Å²) < 4.78 is 20.0. The van der Waals surface area contributed by atoms with Gasteiger partial charge in [0.25, 0.3) is 0 Å². The third-order valence-corrected chi connectivity index (χ3v) is 9.39. The van der Waals surface area contributed by atoms with Gasteiger partial charge in [0.15, 0.2) is 0 Å². The van der Waals surface area contributed by atoms with Crippen molar-refractivity contribution in [3.8, 4) is 0 Å². The second kappa shape index (κ2) is 11.7. The molecule has 5 aliphatic rings. The average molecular weight is 582 g/mol. The van der Waals surface area contributed by atoms with Gasteiger partial charge in [-0.1, -0.05) is 37.1 Å². The minimum Gasteiger partial charge on any atom is -0.444 e. The van der Waals surface area contributed by atoms with Crippen LogP contribution in [-0.4, -0.2) is 70.4 Å². The molecule has 6 rings (SSSR count). The molecule has 0 unspecified atom stereocenters. The number of amides is 4. The summed E-state index contributed by atoms with van der Waals surface area (Å²) in [5, 5.41) is 6.03. The number of carbonyl (C=O) groups excluding carboxylic acids is 4. The van der Waals surface area contributed by atoms with Crippen LogP contribution in [0.5, 0.6) is 0 Å². The zero-order valence-electron chi connectivity index (χ0n) is 23.9. The molecule has 3 aliphatic heterocycles. The van der Waals surface area contributed by atoms with Gasteiger partial charge in [-0.25, -0.2) is 9.18 Å². The Morgan fingerprint density at radius 3 is 2.76 bits per heavy atom. The van der Waals surface area contributed by atoms with Crippen molar-refractivity contribution in [2.75, 3.05) is 13.1 Å². The maximum atomic E-state index is 14.2. The van der Waals surface area contributed by atoms with E-state index < -0.39 is 35.7 Å². The quantitative estimate of drug-likeness (QED) is 0.468. The van der Waals surface area contributed by atoms with Crippen molar-refractivity contribution in [1.29, 1.82) is 0 Å². The number of nitrogens with two attached hydrogens (primary N) is 1. The van der Waals surface area contributed by atoms with Gasteiger partial charge >= 0.3 is 6.09 Å². The summed E-state index contributed by atoms with van der Waals surface area (Å²) in [4.78, 5) is 56.6. The van der Waals surface area contributed by atoms with Crippen molar-refractivity contribution >= 4 is 23.8 Å². The molecule has 0 bridgehead atoms. The first-order chi connectivity index (χ1) is 20.2. The van der Waals surface area contributed by atoms with Crippen LogP contribution in [-0.2, 0) is 32.2 Å².